The van der Waals surface area contributed by atoms with Crippen LogP contribution in [0.25, 0.3) is 0 Å². The second-order valence-corrected chi connectivity index (χ2v) is 18.6. The summed E-state index contributed by atoms with van der Waals surface area (Å²) in [5.41, 5.74) is 3.03. The SMILES string of the molecule is C[C@@H]1OC(COC(=O)c2ccccc2)[C@H](OC(=O)c2ccccc2)[C@H](O[C@@H]2OC(COCc3ccccc3)[C@H](OCc3ccccc3)[C@H](OCc3ccccc3)C2O)C1NC(=O)OCC(Cl)(Cl)Cl. The van der Waals surface area contributed by atoms with E-state index in [0.29, 0.717) is 0 Å². The molecule has 1 amide bonds. The van der Waals surface area contributed by atoms with Gasteiger partial charge in [0.2, 0.25) is 3.79 Å². The number of esters is 2. The van der Waals surface area contributed by atoms with Gasteiger partial charge in [0.15, 0.2) is 12.4 Å². The van der Waals surface area contributed by atoms with Gasteiger partial charge in [-0.15, -0.1) is 0 Å². The lowest BCUT2D eigenvalue weighted by molar-refractivity contribution is -0.342. The van der Waals surface area contributed by atoms with Crippen LogP contribution in [-0.2, 0) is 62.5 Å². The average Bonchev–Trinajstić information content (AvgIpc) is 3.35. The smallest absolute Gasteiger partial charge is 0.407 e. The maximum atomic E-state index is 14.0. The molecule has 0 spiro atoms. The third kappa shape index (κ3) is 14.7. The van der Waals surface area contributed by atoms with Gasteiger partial charge >= 0.3 is 18.0 Å². The lowest BCUT2D eigenvalue weighted by Gasteiger charge is -2.49. The van der Waals surface area contributed by atoms with Gasteiger partial charge in [-0.25, -0.2) is 14.4 Å². The number of aliphatic hydroxyl groups is 1. The van der Waals surface area contributed by atoms with Crippen molar-refractivity contribution >= 4 is 52.8 Å². The zero-order valence-corrected chi connectivity index (χ0v) is 39.2. The number of rotatable bonds is 19. The number of amides is 1. The molecule has 14 nitrogen and oxygen atoms in total. The molecule has 2 aliphatic rings. The fourth-order valence-corrected chi connectivity index (χ4v) is 7.92. The molecule has 17 heteroatoms. The van der Waals surface area contributed by atoms with E-state index in [4.69, 9.17) is 77.4 Å². The summed E-state index contributed by atoms with van der Waals surface area (Å²) in [5, 5.41) is 15.2. The Morgan fingerprint density at radius 2 is 1.07 bits per heavy atom. The largest absolute Gasteiger partial charge is 0.459 e. The molecular weight excluding hydrogens is 941 g/mol. The Labute approximate surface area is 409 Å². The van der Waals surface area contributed by atoms with Crippen molar-refractivity contribution in [1.29, 1.82) is 0 Å². The van der Waals surface area contributed by atoms with E-state index in [1.807, 2.05) is 91.0 Å². The number of carbonyl (C=O) groups is 3. The van der Waals surface area contributed by atoms with E-state index in [1.54, 1.807) is 67.6 Å². The molecule has 0 radical (unpaired) electrons. The number of nitrogens with one attached hydrogen (secondary N) is 1. The third-order valence-electron chi connectivity index (χ3n) is 11.1. The topological polar surface area (TPSA) is 167 Å². The number of hydrogen-bond acceptors (Lipinski definition) is 13. The van der Waals surface area contributed by atoms with E-state index in [9.17, 15) is 19.5 Å². The maximum absolute atomic E-state index is 14.0. The van der Waals surface area contributed by atoms with Crippen LogP contribution in [0.5, 0.6) is 0 Å². The number of aliphatic hydroxyl groups excluding tert-OH is 1. The first kappa shape index (κ1) is 50.8. The number of alkyl halides is 3. The molecule has 0 bridgehead atoms. The second-order valence-electron chi connectivity index (χ2n) is 16.1. The summed E-state index contributed by atoms with van der Waals surface area (Å²) in [6.45, 7) is 0.933. The van der Waals surface area contributed by atoms with Crippen molar-refractivity contribution in [3.63, 3.8) is 0 Å². The Hall–Kier alpha value is -5.10. The highest BCUT2D eigenvalue weighted by molar-refractivity contribution is 6.67. The minimum Gasteiger partial charge on any atom is -0.459 e. The van der Waals surface area contributed by atoms with Gasteiger partial charge in [0.25, 0.3) is 0 Å². The third-order valence-corrected chi connectivity index (χ3v) is 11.4. The summed E-state index contributed by atoms with van der Waals surface area (Å²) in [6.07, 6.45) is -12.2. The Bertz CT molecular complexity index is 2320. The fraction of sp³-hybridized carbons (Fsp3) is 0.353. The first-order valence-electron chi connectivity index (χ1n) is 22.0. The summed E-state index contributed by atoms with van der Waals surface area (Å²) in [5.74, 6) is -1.47. The molecular formula is C51H52Cl3NO13. The van der Waals surface area contributed by atoms with Crippen molar-refractivity contribution in [2.45, 2.75) is 91.7 Å². The highest BCUT2D eigenvalue weighted by atomic mass is 35.6. The molecule has 0 aliphatic carbocycles. The molecule has 5 aromatic carbocycles. The van der Waals surface area contributed by atoms with E-state index in [2.05, 4.69) is 5.32 Å². The van der Waals surface area contributed by atoms with Crippen molar-refractivity contribution in [3.8, 4) is 0 Å². The lowest BCUT2D eigenvalue weighted by Crippen LogP contribution is -2.68. The van der Waals surface area contributed by atoms with Crippen LogP contribution in [0.15, 0.2) is 152 Å². The van der Waals surface area contributed by atoms with Gasteiger partial charge < -0.3 is 53.1 Å². The van der Waals surface area contributed by atoms with Crippen molar-refractivity contribution < 1.29 is 62.1 Å². The van der Waals surface area contributed by atoms with Crippen molar-refractivity contribution in [1.82, 2.24) is 5.32 Å². The van der Waals surface area contributed by atoms with Crippen LogP contribution in [0.1, 0.15) is 44.3 Å². The van der Waals surface area contributed by atoms with Gasteiger partial charge in [-0.1, -0.05) is 162 Å². The quantitative estimate of drug-likeness (QED) is 0.0463. The highest BCUT2D eigenvalue weighted by Gasteiger charge is 2.54. The molecule has 10 atom stereocenters. The van der Waals surface area contributed by atoms with Crippen molar-refractivity contribution in [3.05, 3.63) is 179 Å². The molecule has 2 fully saturated rings. The molecule has 2 saturated heterocycles. The summed E-state index contributed by atoms with van der Waals surface area (Å²) in [4.78, 5) is 40.8. The normalized spacial score (nSPS) is 24.9. The minimum atomic E-state index is -1.95. The molecule has 360 valence electrons. The number of alkyl carbamates (subject to hydrolysis) is 1. The molecule has 68 heavy (non-hydrogen) atoms. The predicted octanol–water partition coefficient (Wildman–Crippen LogP) is 8.18. The van der Waals surface area contributed by atoms with Crippen LogP contribution in [0.4, 0.5) is 4.79 Å². The van der Waals surface area contributed by atoms with Crippen LogP contribution in [0, 0.1) is 0 Å². The molecule has 2 heterocycles. The van der Waals surface area contributed by atoms with Crippen LogP contribution < -0.4 is 5.32 Å². The van der Waals surface area contributed by atoms with Crippen LogP contribution in [-0.4, -0.2) is 108 Å². The van der Waals surface area contributed by atoms with E-state index >= 15 is 0 Å². The Morgan fingerprint density at radius 1 is 0.588 bits per heavy atom. The van der Waals surface area contributed by atoms with E-state index in [1.165, 1.54) is 0 Å². The summed E-state index contributed by atoms with van der Waals surface area (Å²) in [6, 6.07) is 43.7. The predicted molar refractivity (Wildman–Crippen MR) is 251 cm³/mol. The Kier molecular flexibility index (Phi) is 18.6. The van der Waals surface area contributed by atoms with Gasteiger partial charge in [0, 0.05) is 0 Å². The van der Waals surface area contributed by atoms with Gasteiger partial charge in [-0.05, 0) is 47.9 Å². The number of halogens is 3. The average molecular weight is 993 g/mol. The number of benzene rings is 5. The molecule has 2 N–H and O–H groups in total. The molecule has 7 rings (SSSR count). The fourth-order valence-electron chi connectivity index (χ4n) is 7.75. The van der Waals surface area contributed by atoms with Gasteiger partial charge in [0.1, 0.15) is 49.8 Å². The molecule has 0 saturated carbocycles. The van der Waals surface area contributed by atoms with Crippen LogP contribution >= 0.6 is 34.8 Å². The number of ether oxygens (including phenoxy) is 9. The minimum absolute atomic E-state index is 0.0498. The lowest BCUT2D eigenvalue weighted by atomic mass is 9.92. The standard InChI is InChI=1S/C51H52Cl3NO13/c1-33-41(55-50(59)64-32-51(52,53)54)45(44(67-48(58)38-25-15-6-16-26-38)40(65-33)31-63-47(57)37-23-13-5-14-24-37)68-49-42(56)46(62-29-36-21-11-4-12-22-36)43(61-28-35-19-9-3-10-20-35)39(66-49)30-60-27-34-17-7-2-8-18-34/h2-26,33,39-46,49,56H,27-32H2,1H3,(H,55,59)/t33-,39?,40?,41?,42?,43-,44-,45+,46+,49-/m0/s1. The second kappa shape index (κ2) is 25.0. The van der Waals surface area contributed by atoms with Crippen LogP contribution in [0.2, 0.25) is 0 Å². The van der Waals surface area contributed by atoms with Crippen LogP contribution in [0.3, 0.4) is 0 Å². The van der Waals surface area contributed by atoms with Gasteiger partial charge in [-0.2, -0.15) is 0 Å². The first-order valence-corrected chi connectivity index (χ1v) is 23.1. The molecule has 5 aromatic rings. The Balaban J connectivity index is 1.25. The number of carbonyl (C=O) groups excluding carboxylic acids is 3. The molecule has 2 aliphatic heterocycles. The highest BCUT2D eigenvalue weighted by Crippen LogP contribution is 2.35. The van der Waals surface area contributed by atoms with E-state index in [0.717, 1.165) is 16.7 Å². The number of hydrogen-bond donors (Lipinski definition) is 2. The molecule has 4 unspecified atom stereocenters. The zero-order chi connectivity index (χ0) is 47.9. The summed E-state index contributed by atoms with van der Waals surface area (Å²) < 4.78 is 54.6. The molecule has 0 aromatic heterocycles. The summed E-state index contributed by atoms with van der Waals surface area (Å²) >= 11 is 17.8. The Morgan fingerprint density at radius 3 is 1.62 bits per heavy atom. The maximum Gasteiger partial charge on any atom is 0.407 e. The van der Waals surface area contributed by atoms with Crippen molar-refractivity contribution in [2.75, 3.05) is 19.8 Å². The van der Waals surface area contributed by atoms with Gasteiger partial charge in [-0.3, -0.25) is 0 Å². The van der Waals surface area contributed by atoms with E-state index in [-0.39, 0.29) is 37.6 Å². The van der Waals surface area contributed by atoms with Crippen molar-refractivity contribution in [2.24, 2.45) is 0 Å². The van der Waals surface area contributed by atoms with Gasteiger partial charge in [0.05, 0.1) is 49.7 Å². The summed E-state index contributed by atoms with van der Waals surface area (Å²) in [7, 11) is 0. The van der Waals surface area contributed by atoms with E-state index < -0.39 is 96.2 Å². The monoisotopic (exact) mass is 991 g/mol. The zero-order valence-electron chi connectivity index (χ0n) is 36.9. The first-order chi connectivity index (χ1) is 32.9.